The third-order valence-electron chi connectivity index (χ3n) is 2.61. The number of hydrogen-bond donors (Lipinski definition) is 0. The van der Waals surface area contributed by atoms with E-state index in [9.17, 15) is 9.59 Å². The molecule has 0 saturated heterocycles. The molecule has 0 N–H and O–H groups in total. The highest BCUT2D eigenvalue weighted by Crippen LogP contribution is 2.11. The number of hydrogen-bond acceptors (Lipinski definition) is 9. The van der Waals surface area contributed by atoms with Crippen LogP contribution in [0, 0.1) is 6.92 Å². The van der Waals surface area contributed by atoms with Crippen LogP contribution < -0.4 is 0 Å². The second-order valence-electron chi connectivity index (χ2n) is 4.00. The first-order valence-corrected chi connectivity index (χ1v) is 5.91. The van der Waals surface area contributed by atoms with Crippen molar-refractivity contribution in [2.24, 2.45) is 0 Å². The smallest absolute Gasteiger partial charge is 0.360 e. The maximum absolute atomic E-state index is 11.6. The summed E-state index contributed by atoms with van der Waals surface area (Å²) in [5.74, 6) is -0.556. The second-order valence-corrected chi connectivity index (χ2v) is 4.00. The summed E-state index contributed by atoms with van der Waals surface area (Å²) in [5, 5.41) is 15.0. The van der Waals surface area contributed by atoms with Crippen LogP contribution in [0.5, 0.6) is 0 Å². The van der Waals surface area contributed by atoms with Gasteiger partial charge in [-0.15, -0.1) is 15.3 Å². The molecule has 0 aliphatic carbocycles. The Morgan fingerprint density at radius 3 is 2.52 bits per heavy atom. The molecular formula is C11H13N5O5. The minimum Gasteiger partial charge on any atom is -0.469 e. The van der Waals surface area contributed by atoms with Crippen molar-refractivity contribution in [2.45, 2.75) is 19.9 Å². The molecule has 0 unspecified atom stereocenters. The molecule has 21 heavy (non-hydrogen) atoms. The van der Waals surface area contributed by atoms with Crippen LogP contribution in [0.15, 0.2) is 4.42 Å². The molecule has 0 spiro atoms. The zero-order valence-electron chi connectivity index (χ0n) is 11.7. The van der Waals surface area contributed by atoms with Crippen LogP contribution >= 0.6 is 0 Å². The topological polar surface area (TPSA) is 122 Å². The van der Waals surface area contributed by atoms with Crippen LogP contribution in [0.2, 0.25) is 0 Å². The van der Waals surface area contributed by atoms with Crippen molar-refractivity contribution in [3.8, 4) is 0 Å². The van der Waals surface area contributed by atoms with E-state index in [1.807, 2.05) is 0 Å². The molecule has 0 atom stereocenters. The molecule has 0 aromatic carbocycles. The van der Waals surface area contributed by atoms with E-state index in [0.29, 0.717) is 5.89 Å². The highest BCUT2D eigenvalue weighted by molar-refractivity contribution is 5.89. The monoisotopic (exact) mass is 295 g/mol. The van der Waals surface area contributed by atoms with Gasteiger partial charge in [0.1, 0.15) is 6.54 Å². The normalized spacial score (nSPS) is 10.4. The molecule has 0 bridgehead atoms. The summed E-state index contributed by atoms with van der Waals surface area (Å²) >= 11 is 0. The molecule has 0 saturated carbocycles. The maximum atomic E-state index is 11.6. The van der Waals surface area contributed by atoms with Crippen molar-refractivity contribution in [2.75, 3.05) is 14.2 Å². The van der Waals surface area contributed by atoms with E-state index in [1.54, 1.807) is 6.92 Å². The average molecular weight is 295 g/mol. The molecule has 0 aliphatic heterocycles. The van der Waals surface area contributed by atoms with E-state index in [0.717, 1.165) is 0 Å². The molecule has 2 aromatic heterocycles. The van der Waals surface area contributed by atoms with Crippen LogP contribution in [0.4, 0.5) is 0 Å². The fourth-order valence-electron chi connectivity index (χ4n) is 1.63. The predicted octanol–water partition coefficient (Wildman–Crippen LogP) is -0.480. The number of methoxy groups -OCH3 is 2. The van der Waals surface area contributed by atoms with Crippen molar-refractivity contribution in [3.05, 3.63) is 23.2 Å². The van der Waals surface area contributed by atoms with Crippen molar-refractivity contribution < 1.29 is 23.5 Å². The van der Waals surface area contributed by atoms with Crippen molar-refractivity contribution >= 4 is 11.9 Å². The van der Waals surface area contributed by atoms with Crippen LogP contribution in [0.3, 0.4) is 0 Å². The number of rotatable bonds is 5. The average Bonchev–Trinajstić information content (AvgIpc) is 3.05. The highest BCUT2D eigenvalue weighted by atomic mass is 16.5. The van der Waals surface area contributed by atoms with Gasteiger partial charge in [0, 0.05) is 6.92 Å². The van der Waals surface area contributed by atoms with Gasteiger partial charge in [0.2, 0.25) is 11.8 Å². The Hall–Kier alpha value is -2.78. The molecule has 2 rings (SSSR count). The zero-order valence-corrected chi connectivity index (χ0v) is 11.7. The third kappa shape index (κ3) is 3.22. The van der Waals surface area contributed by atoms with E-state index in [4.69, 9.17) is 4.42 Å². The van der Waals surface area contributed by atoms with Gasteiger partial charge in [-0.1, -0.05) is 5.21 Å². The molecule has 2 aromatic rings. The number of carbonyl (C=O) groups excluding carboxylic acids is 2. The first kappa shape index (κ1) is 14.6. The lowest BCUT2D eigenvalue weighted by Crippen LogP contribution is -2.15. The summed E-state index contributed by atoms with van der Waals surface area (Å²) in [6.45, 7) is 1.73. The second kappa shape index (κ2) is 6.11. The lowest BCUT2D eigenvalue weighted by atomic mass is 10.2. The summed E-state index contributed by atoms with van der Waals surface area (Å²) in [4.78, 5) is 23.1. The van der Waals surface area contributed by atoms with Gasteiger partial charge in [0.15, 0.2) is 5.69 Å². The SMILES string of the molecule is COC(=O)Cc1c(C(=O)OC)nnn1Cc1nnc(C)o1. The summed E-state index contributed by atoms with van der Waals surface area (Å²) in [7, 11) is 2.46. The summed E-state index contributed by atoms with van der Waals surface area (Å²) < 4.78 is 15.7. The first-order valence-electron chi connectivity index (χ1n) is 5.91. The van der Waals surface area contributed by atoms with E-state index >= 15 is 0 Å². The fraction of sp³-hybridized carbons (Fsp3) is 0.455. The number of aryl methyl sites for hydroxylation is 1. The minimum absolute atomic E-state index is 0.0564. The number of esters is 2. The molecule has 2 heterocycles. The highest BCUT2D eigenvalue weighted by Gasteiger charge is 2.23. The first-order chi connectivity index (χ1) is 10.0. The van der Waals surface area contributed by atoms with E-state index in [1.165, 1.54) is 18.9 Å². The molecule has 112 valence electrons. The Bertz CT molecular complexity index is 662. The summed E-state index contributed by atoms with van der Waals surface area (Å²) in [5.41, 5.74) is 0.198. The van der Waals surface area contributed by atoms with Gasteiger partial charge in [-0.05, 0) is 0 Å². The van der Waals surface area contributed by atoms with Gasteiger partial charge in [-0.3, -0.25) is 4.79 Å². The van der Waals surface area contributed by atoms with Gasteiger partial charge in [0.25, 0.3) is 0 Å². The molecule has 0 aliphatic rings. The minimum atomic E-state index is -0.693. The van der Waals surface area contributed by atoms with Gasteiger partial charge in [-0.2, -0.15) is 0 Å². The predicted molar refractivity (Wildman–Crippen MR) is 65.2 cm³/mol. The van der Waals surface area contributed by atoms with Gasteiger partial charge >= 0.3 is 11.9 Å². The molecule has 10 nitrogen and oxygen atoms in total. The Kier molecular flexibility index (Phi) is 4.26. The van der Waals surface area contributed by atoms with Crippen molar-refractivity contribution in [3.63, 3.8) is 0 Å². The summed E-state index contributed by atoms with van der Waals surface area (Å²) in [6, 6.07) is 0. The molecule has 0 fully saturated rings. The molecule has 0 amide bonds. The van der Waals surface area contributed by atoms with Crippen LogP contribution in [0.1, 0.15) is 28.0 Å². The van der Waals surface area contributed by atoms with Crippen molar-refractivity contribution in [1.29, 1.82) is 0 Å². The standard InChI is InChI=1S/C11H13N5O5/c1-6-12-13-8(21-6)5-16-7(4-9(17)19-2)10(14-15-16)11(18)20-3/h4-5H2,1-3H3. The maximum Gasteiger partial charge on any atom is 0.360 e. The quantitative estimate of drug-likeness (QED) is 0.673. The fourth-order valence-corrected chi connectivity index (χ4v) is 1.63. The van der Waals surface area contributed by atoms with Gasteiger partial charge < -0.3 is 13.9 Å². The van der Waals surface area contributed by atoms with Crippen LogP contribution in [-0.2, 0) is 27.2 Å². The Balaban J connectivity index is 2.33. The lowest BCUT2D eigenvalue weighted by molar-refractivity contribution is -0.139. The lowest BCUT2D eigenvalue weighted by Gasteiger charge is -2.04. The molecular weight excluding hydrogens is 282 g/mol. The number of aromatic nitrogens is 5. The Morgan fingerprint density at radius 2 is 1.95 bits per heavy atom. The van der Waals surface area contributed by atoms with E-state index < -0.39 is 11.9 Å². The van der Waals surface area contributed by atoms with E-state index in [-0.39, 0.29) is 30.2 Å². The molecule has 10 heteroatoms. The molecule has 0 radical (unpaired) electrons. The van der Waals surface area contributed by atoms with Crippen LogP contribution in [-0.4, -0.2) is 51.3 Å². The number of carbonyl (C=O) groups is 2. The number of nitrogens with zero attached hydrogens (tertiary/aromatic N) is 5. The summed E-state index contributed by atoms with van der Waals surface area (Å²) in [6.07, 6.45) is -0.180. The van der Waals surface area contributed by atoms with E-state index in [2.05, 4.69) is 30.0 Å². The Labute approximate surface area is 119 Å². The number of ether oxygens (including phenoxy) is 2. The third-order valence-corrected chi connectivity index (χ3v) is 2.61. The zero-order chi connectivity index (χ0) is 15.4. The van der Waals surface area contributed by atoms with Gasteiger partial charge in [-0.25, -0.2) is 9.48 Å². The van der Waals surface area contributed by atoms with Crippen molar-refractivity contribution in [1.82, 2.24) is 25.2 Å². The largest absolute Gasteiger partial charge is 0.469 e. The van der Waals surface area contributed by atoms with Crippen LogP contribution in [0.25, 0.3) is 0 Å². The van der Waals surface area contributed by atoms with Gasteiger partial charge in [0.05, 0.1) is 26.3 Å². The Morgan fingerprint density at radius 1 is 1.19 bits per heavy atom.